The molecule has 92 valence electrons. The number of halogens is 1. The molecule has 0 bridgehead atoms. The molecule has 1 saturated heterocycles. The molecule has 2 fully saturated rings. The fraction of sp³-hybridized carbons (Fsp3) is 0.583. The summed E-state index contributed by atoms with van der Waals surface area (Å²) in [6.45, 7) is 2.30. The van der Waals surface area contributed by atoms with E-state index >= 15 is 0 Å². The number of rotatable bonds is 3. The summed E-state index contributed by atoms with van der Waals surface area (Å²) in [6, 6.07) is 3.05. The highest BCUT2D eigenvalue weighted by atomic mass is 35.5. The van der Waals surface area contributed by atoms with E-state index in [2.05, 4.69) is 15.2 Å². The Hall–Kier alpha value is -1.00. The Morgan fingerprint density at radius 1 is 1.41 bits per heavy atom. The SMILES string of the molecule is Nc1cc(Cl)cnc1NC1CCN(C2CC2)C1. The number of hydrogen-bond donors (Lipinski definition) is 2. The van der Waals surface area contributed by atoms with Crippen LogP contribution in [0.1, 0.15) is 19.3 Å². The Morgan fingerprint density at radius 3 is 2.94 bits per heavy atom. The van der Waals surface area contributed by atoms with Gasteiger partial charge in [-0.2, -0.15) is 0 Å². The molecule has 4 nitrogen and oxygen atoms in total. The molecule has 0 aromatic carbocycles. The first kappa shape index (κ1) is 11.1. The molecular weight excluding hydrogens is 236 g/mol. The number of hydrogen-bond acceptors (Lipinski definition) is 4. The molecule has 3 N–H and O–H groups in total. The Bertz CT molecular complexity index is 419. The lowest BCUT2D eigenvalue weighted by Crippen LogP contribution is -2.28. The molecule has 0 radical (unpaired) electrons. The van der Waals surface area contributed by atoms with Crippen LogP contribution in [0, 0.1) is 0 Å². The van der Waals surface area contributed by atoms with Crippen molar-refractivity contribution in [3.05, 3.63) is 17.3 Å². The summed E-state index contributed by atoms with van der Waals surface area (Å²) in [4.78, 5) is 6.80. The van der Waals surface area contributed by atoms with Gasteiger partial charge in [0.05, 0.1) is 10.7 Å². The van der Waals surface area contributed by atoms with Crippen LogP contribution in [0.3, 0.4) is 0 Å². The van der Waals surface area contributed by atoms with Gasteiger partial charge in [-0.15, -0.1) is 0 Å². The molecule has 2 heterocycles. The van der Waals surface area contributed by atoms with Gasteiger partial charge in [0.15, 0.2) is 0 Å². The second-order valence-electron chi connectivity index (χ2n) is 4.95. The highest BCUT2D eigenvalue weighted by molar-refractivity contribution is 6.30. The van der Waals surface area contributed by atoms with Gasteiger partial charge in [-0.3, -0.25) is 4.90 Å². The van der Waals surface area contributed by atoms with E-state index in [-0.39, 0.29) is 0 Å². The summed E-state index contributed by atoms with van der Waals surface area (Å²) >= 11 is 5.83. The standard InChI is InChI=1S/C12H17ClN4/c13-8-5-11(14)12(15-6-8)16-9-3-4-17(7-9)10-1-2-10/h5-6,9-10H,1-4,7,14H2,(H,15,16). The van der Waals surface area contributed by atoms with Crippen LogP contribution in [0.2, 0.25) is 5.02 Å². The number of aromatic nitrogens is 1. The van der Waals surface area contributed by atoms with E-state index in [9.17, 15) is 0 Å². The number of pyridine rings is 1. The van der Waals surface area contributed by atoms with Crippen molar-refractivity contribution in [2.24, 2.45) is 0 Å². The number of nitrogens with two attached hydrogens (primary N) is 1. The van der Waals surface area contributed by atoms with Crippen LogP contribution in [-0.2, 0) is 0 Å². The van der Waals surface area contributed by atoms with Crippen molar-refractivity contribution in [3.63, 3.8) is 0 Å². The first-order chi connectivity index (χ1) is 8.22. The van der Waals surface area contributed by atoms with Crippen molar-refractivity contribution in [2.75, 3.05) is 24.1 Å². The van der Waals surface area contributed by atoms with Gasteiger partial charge in [0.2, 0.25) is 0 Å². The maximum absolute atomic E-state index is 5.88. The summed E-state index contributed by atoms with van der Waals surface area (Å²) in [5.41, 5.74) is 6.51. The highest BCUT2D eigenvalue weighted by Gasteiger charge is 2.34. The Labute approximate surface area is 106 Å². The van der Waals surface area contributed by atoms with E-state index in [1.807, 2.05) is 0 Å². The number of likely N-dealkylation sites (tertiary alicyclic amines) is 1. The topological polar surface area (TPSA) is 54.2 Å². The first-order valence-electron chi connectivity index (χ1n) is 6.14. The molecule has 17 heavy (non-hydrogen) atoms. The Kier molecular flexibility index (Phi) is 2.84. The maximum atomic E-state index is 5.88. The normalized spacial score (nSPS) is 25.1. The van der Waals surface area contributed by atoms with Crippen LogP contribution in [0.5, 0.6) is 0 Å². The number of anilines is 2. The molecule has 1 aromatic rings. The summed E-state index contributed by atoms with van der Waals surface area (Å²) < 4.78 is 0. The van der Waals surface area contributed by atoms with Crippen molar-refractivity contribution < 1.29 is 0 Å². The third-order valence-corrected chi connectivity index (χ3v) is 3.71. The molecule has 1 aliphatic heterocycles. The molecule has 2 aliphatic rings. The summed E-state index contributed by atoms with van der Waals surface area (Å²) in [5, 5.41) is 4.00. The summed E-state index contributed by atoms with van der Waals surface area (Å²) in [5.74, 6) is 0.761. The van der Waals surface area contributed by atoms with E-state index in [1.54, 1.807) is 12.3 Å². The van der Waals surface area contributed by atoms with Gasteiger partial charge in [-0.05, 0) is 25.3 Å². The zero-order valence-corrected chi connectivity index (χ0v) is 10.5. The van der Waals surface area contributed by atoms with Crippen LogP contribution < -0.4 is 11.1 Å². The molecule has 5 heteroatoms. The average Bonchev–Trinajstić information content (AvgIpc) is 3.04. The predicted molar refractivity (Wildman–Crippen MR) is 70.3 cm³/mol. The number of nitrogens with one attached hydrogen (secondary N) is 1. The van der Waals surface area contributed by atoms with Crippen molar-refractivity contribution in [1.82, 2.24) is 9.88 Å². The van der Waals surface area contributed by atoms with E-state index in [1.165, 1.54) is 25.8 Å². The second kappa shape index (κ2) is 4.35. The van der Waals surface area contributed by atoms with E-state index in [0.717, 1.165) is 18.4 Å². The molecule has 1 atom stereocenters. The van der Waals surface area contributed by atoms with Gasteiger partial charge in [-0.1, -0.05) is 11.6 Å². The lowest BCUT2D eigenvalue weighted by molar-refractivity contribution is 0.326. The van der Waals surface area contributed by atoms with Gasteiger partial charge in [-0.25, -0.2) is 4.98 Å². The monoisotopic (exact) mass is 252 g/mol. The Morgan fingerprint density at radius 2 is 2.24 bits per heavy atom. The second-order valence-corrected chi connectivity index (χ2v) is 5.38. The van der Waals surface area contributed by atoms with Crippen molar-refractivity contribution in [1.29, 1.82) is 0 Å². The number of nitrogen functional groups attached to an aromatic ring is 1. The zero-order chi connectivity index (χ0) is 11.8. The van der Waals surface area contributed by atoms with Gasteiger partial charge in [0.25, 0.3) is 0 Å². The van der Waals surface area contributed by atoms with E-state index in [4.69, 9.17) is 17.3 Å². The van der Waals surface area contributed by atoms with Crippen LogP contribution in [0.25, 0.3) is 0 Å². The van der Waals surface area contributed by atoms with E-state index < -0.39 is 0 Å². The number of nitrogens with zero attached hydrogens (tertiary/aromatic N) is 2. The van der Waals surface area contributed by atoms with Crippen LogP contribution in [0.15, 0.2) is 12.3 Å². The lowest BCUT2D eigenvalue weighted by atomic mass is 10.2. The summed E-state index contributed by atoms with van der Waals surface area (Å²) in [7, 11) is 0. The highest BCUT2D eigenvalue weighted by Crippen LogP contribution is 2.31. The van der Waals surface area contributed by atoms with Gasteiger partial charge >= 0.3 is 0 Å². The Balaban J connectivity index is 1.63. The smallest absolute Gasteiger partial charge is 0.149 e. The molecule has 1 aliphatic carbocycles. The van der Waals surface area contributed by atoms with Crippen molar-refractivity contribution in [2.45, 2.75) is 31.3 Å². The average molecular weight is 253 g/mol. The minimum atomic E-state index is 0.464. The van der Waals surface area contributed by atoms with Crippen LogP contribution in [-0.4, -0.2) is 35.1 Å². The molecule has 1 saturated carbocycles. The zero-order valence-electron chi connectivity index (χ0n) is 9.69. The fourth-order valence-corrected chi connectivity index (χ4v) is 2.61. The third kappa shape index (κ3) is 2.48. The fourth-order valence-electron chi connectivity index (χ4n) is 2.45. The molecule has 1 unspecified atom stereocenters. The molecule has 3 rings (SSSR count). The minimum Gasteiger partial charge on any atom is -0.396 e. The van der Waals surface area contributed by atoms with Gasteiger partial charge < -0.3 is 11.1 Å². The van der Waals surface area contributed by atoms with E-state index in [0.29, 0.717) is 16.8 Å². The van der Waals surface area contributed by atoms with Gasteiger partial charge in [0, 0.05) is 31.4 Å². The molecule has 0 amide bonds. The largest absolute Gasteiger partial charge is 0.396 e. The third-order valence-electron chi connectivity index (χ3n) is 3.51. The predicted octanol–water partition coefficient (Wildman–Crippen LogP) is 1.97. The van der Waals surface area contributed by atoms with Crippen LogP contribution in [0.4, 0.5) is 11.5 Å². The van der Waals surface area contributed by atoms with Crippen molar-refractivity contribution in [3.8, 4) is 0 Å². The molecular formula is C12H17ClN4. The van der Waals surface area contributed by atoms with Crippen LogP contribution >= 0.6 is 11.6 Å². The molecule has 0 spiro atoms. The van der Waals surface area contributed by atoms with Crippen molar-refractivity contribution >= 4 is 23.1 Å². The maximum Gasteiger partial charge on any atom is 0.149 e. The summed E-state index contributed by atoms with van der Waals surface area (Å²) in [6.07, 6.45) is 5.54. The lowest BCUT2D eigenvalue weighted by Gasteiger charge is -2.17. The minimum absolute atomic E-state index is 0.464. The van der Waals surface area contributed by atoms with Gasteiger partial charge in [0.1, 0.15) is 5.82 Å². The quantitative estimate of drug-likeness (QED) is 0.864. The first-order valence-corrected chi connectivity index (χ1v) is 6.52. The molecule has 1 aromatic heterocycles.